The smallest absolute Gasteiger partial charge is 0.316 e. The van der Waals surface area contributed by atoms with Crippen molar-refractivity contribution in [3.05, 3.63) is 57.6 Å². The molecule has 5 rings (SSSR count). The van der Waals surface area contributed by atoms with Crippen LogP contribution in [0.25, 0.3) is 0 Å². The van der Waals surface area contributed by atoms with Gasteiger partial charge in [0.2, 0.25) is 5.78 Å². The summed E-state index contributed by atoms with van der Waals surface area (Å²) in [5.74, 6) is -4.47. The van der Waals surface area contributed by atoms with Gasteiger partial charge in [-0.3, -0.25) is 14.4 Å². The molecular formula is C29H33NO10. The number of ether oxygens (including phenoxy) is 3. The van der Waals surface area contributed by atoms with E-state index < -0.39 is 65.2 Å². The number of carbonyl (C=O) groups excluding carboxylic acids is 3. The number of benzene rings is 2. The lowest BCUT2D eigenvalue weighted by Gasteiger charge is -2.45. The Bertz CT molecular complexity index is 1400. The van der Waals surface area contributed by atoms with E-state index in [1.165, 1.54) is 31.2 Å². The molecule has 214 valence electrons. The quantitative estimate of drug-likeness (QED) is 0.347. The van der Waals surface area contributed by atoms with Gasteiger partial charge in [0.1, 0.15) is 17.4 Å². The van der Waals surface area contributed by atoms with Gasteiger partial charge in [0.25, 0.3) is 0 Å². The van der Waals surface area contributed by atoms with Crippen LogP contribution in [0.15, 0.2) is 24.3 Å². The van der Waals surface area contributed by atoms with Crippen LogP contribution in [-0.4, -0.2) is 94.2 Å². The minimum Gasteiger partial charge on any atom is -0.507 e. The van der Waals surface area contributed by atoms with E-state index in [1.807, 2.05) is 19.0 Å². The summed E-state index contributed by atoms with van der Waals surface area (Å²) in [5.41, 5.74) is -2.36. The van der Waals surface area contributed by atoms with Crippen LogP contribution in [0.1, 0.15) is 81.7 Å². The Morgan fingerprint density at radius 1 is 1.12 bits per heavy atom. The highest BCUT2D eigenvalue weighted by molar-refractivity contribution is 6.30. The fraction of sp³-hybridized carbons (Fsp3) is 0.483. The Morgan fingerprint density at radius 2 is 1.82 bits per heavy atom. The molecule has 4 N–H and O–H groups in total. The van der Waals surface area contributed by atoms with Gasteiger partial charge in [-0.2, -0.15) is 0 Å². The molecule has 40 heavy (non-hydrogen) atoms. The molecule has 1 aliphatic heterocycles. The van der Waals surface area contributed by atoms with E-state index in [0.717, 1.165) is 7.11 Å². The fourth-order valence-electron chi connectivity index (χ4n) is 6.29. The number of phenols is 2. The summed E-state index contributed by atoms with van der Waals surface area (Å²) in [7, 11) is 4.80. The molecule has 0 spiro atoms. The molecule has 1 heterocycles. The molecular weight excluding hydrogens is 522 g/mol. The van der Waals surface area contributed by atoms with E-state index in [1.54, 1.807) is 6.92 Å². The molecule has 2 aromatic carbocycles. The summed E-state index contributed by atoms with van der Waals surface area (Å²) in [6.07, 6.45) is -3.23. The van der Waals surface area contributed by atoms with Gasteiger partial charge < -0.3 is 39.5 Å². The standard InChI is InChI=1S/C29H33NO10/c1-12-24(32)16(30(3)4)10-19(39-12)40-18-11-29(2,37)23(28(36)38-5)14-9-15-22(27(35)21(14)18)26(34)20-13(25(15)33)7-6-8-17(20)31/h6-9,12,16,18-19,23-24,31-32,35,37H,10-11H2,1-5H3/t12-,16-,18-,19-,23-,24+,29+/m0/s1. The molecule has 11 nitrogen and oxygen atoms in total. The molecule has 3 aliphatic rings. The van der Waals surface area contributed by atoms with Crippen LogP contribution in [0.3, 0.4) is 0 Å². The van der Waals surface area contributed by atoms with E-state index in [4.69, 9.17) is 14.2 Å². The monoisotopic (exact) mass is 555 g/mol. The average Bonchev–Trinajstić information content (AvgIpc) is 2.87. The van der Waals surface area contributed by atoms with Crippen molar-refractivity contribution in [2.75, 3.05) is 21.2 Å². The molecule has 0 radical (unpaired) electrons. The molecule has 0 bridgehead atoms. The number of hydrogen-bond acceptors (Lipinski definition) is 11. The van der Waals surface area contributed by atoms with Crippen LogP contribution in [0, 0.1) is 0 Å². The molecule has 0 saturated carbocycles. The minimum absolute atomic E-state index is 0.0419. The van der Waals surface area contributed by atoms with Gasteiger partial charge in [0.15, 0.2) is 12.1 Å². The maximum atomic E-state index is 13.6. The van der Waals surface area contributed by atoms with Gasteiger partial charge >= 0.3 is 5.97 Å². The van der Waals surface area contributed by atoms with Crippen molar-refractivity contribution in [1.82, 2.24) is 4.90 Å². The number of aliphatic hydroxyl groups excluding tert-OH is 1. The number of likely N-dealkylation sites (N-methyl/N-ethyl adjacent to an activating group) is 1. The number of ketones is 2. The van der Waals surface area contributed by atoms with Crippen molar-refractivity contribution in [3.63, 3.8) is 0 Å². The third-order valence-electron chi connectivity index (χ3n) is 8.30. The number of aliphatic hydroxyl groups is 2. The lowest BCUT2D eigenvalue weighted by Crippen LogP contribution is -2.54. The van der Waals surface area contributed by atoms with Crippen molar-refractivity contribution < 1.29 is 49.0 Å². The number of hydrogen-bond donors (Lipinski definition) is 4. The maximum Gasteiger partial charge on any atom is 0.316 e. The SMILES string of the molecule is COC(=O)[C@@H]1c2cc3c(c(O)c2[C@@H](O[C@H]2C[C@H](N(C)C)[C@H](O)[C@H](C)O2)C[C@@]1(C)O)C(=O)c1c(O)cccc1C3=O. The van der Waals surface area contributed by atoms with Crippen LogP contribution in [0.4, 0.5) is 0 Å². The molecule has 0 amide bonds. The minimum atomic E-state index is -1.73. The van der Waals surface area contributed by atoms with Crippen LogP contribution >= 0.6 is 0 Å². The van der Waals surface area contributed by atoms with E-state index in [-0.39, 0.29) is 52.3 Å². The first-order valence-electron chi connectivity index (χ1n) is 13.0. The molecule has 11 heteroatoms. The molecule has 2 aromatic rings. The molecule has 2 aliphatic carbocycles. The Morgan fingerprint density at radius 3 is 2.48 bits per heavy atom. The summed E-state index contributed by atoms with van der Waals surface area (Å²) in [4.78, 5) is 41.9. The molecule has 1 saturated heterocycles. The first kappa shape index (κ1) is 28.2. The molecule has 0 aromatic heterocycles. The second-order valence-corrected chi connectivity index (χ2v) is 11.2. The highest BCUT2D eigenvalue weighted by Crippen LogP contribution is 2.53. The highest BCUT2D eigenvalue weighted by Gasteiger charge is 2.51. The third-order valence-corrected chi connectivity index (χ3v) is 8.30. The Kier molecular flexibility index (Phi) is 7.00. The van der Waals surface area contributed by atoms with E-state index in [9.17, 15) is 34.8 Å². The Hall–Kier alpha value is -3.35. The largest absolute Gasteiger partial charge is 0.507 e. The number of rotatable bonds is 4. The fourth-order valence-corrected chi connectivity index (χ4v) is 6.29. The number of aromatic hydroxyl groups is 2. The first-order valence-corrected chi connectivity index (χ1v) is 13.0. The highest BCUT2D eigenvalue weighted by atomic mass is 16.7. The second kappa shape index (κ2) is 9.93. The second-order valence-electron chi connectivity index (χ2n) is 11.2. The predicted molar refractivity (Wildman–Crippen MR) is 139 cm³/mol. The number of nitrogens with zero attached hydrogens (tertiary/aromatic N) is 1. The Labute approximate surface area is 230 Å². The summed E-state index contributed by atoms with van der Waals surface area (Å²) in [5, 5.41) is 44.1. The van der Waals surface area contributed by atoms with Crippen molar-refractivity contribution in [1.29, 1.82) is 0 Å². The van der Waals surface area contributed by atoms with Crippen molar-refractivity contribution in [2.24, 2.45) is 0 Å². The van der Waals surface area contributed by atoms with Crippen molar-refractivity contribution in [2.45, 2.75) is 68.9 Å². The van der Waals surface area contributed by atoms with Crippen LogP contribution in [0.5, 0.6) is 11.5 Å². The number of fused-ring (bicyclic) bond motifs is 3. The lowest BCUT2D eigenvalue weighted by molar-refractivity contribution is -0.257. The number of phenolic OH excluding ortho intramolecular Hbond substituents is 2. The summed E-state index contributed by atoms with van der Waals surface area (Å²) in [6, 6.07) is 5.11. The molecule has 1 fully saturated rings. The zero-order chi connectivity index (χ0) is 29.3. The number of carbonyl (C=O) groups is 3. The van der Waals surface area contributed by atoms with Gasteiger partial charge in [-0.05, 0) is 45.6 Å². The number of esters is 1. The van der Waals surface area contributed by atoms with E-state index in [0.29, 0.717) is 0 Å². The topological polar surface area (TPSA) is 163 Å². The van der Waals surface area contributed by atoms with Crippen LogP contribution in [-0.2, 0) is 19.0 Å². The molecule has 7 atom stereocenters. The van der Waals surface area contributed by atoms with Gasteiger partial charge in [-0.1, -0.05) is 12.1 Å². The normalized spacial score (nSPS) is 31.4. The molecule has 0 unspecified atom stereocenters. The van der Waals surface area contributed by atoms with Gasteiger partial charge in [-0.15, -0.1) is 0 Å². The maximum absolute atomic E-state index is 13.6. The van der Waals surface area contributed by atoms with E-state index >= 15 is 0 Å². The first-order chi connectivity index (χ1) is 18.8. The van der Waals surface area contributed by atoms with Crippen LogP contribution < -0.4 is 0 Å². The summed E-state index contributed by atoms with van der Waals surface area (Å²) in [6.45, 7) is 3.14. The van der Waals surface area contributed by atoms with Crippen molar-refractivity contribution >= 4 is 17.5 Å². The van der Waals surface area contributed by atoms with Gasteiger partial charge in [-0.25, -0.2) is 0 Å². The zero-order valence-corrected chi connectivity index (χ0v) is 22.9. The summed E-state index contributed by atoms with van der Waals surface area (Å²) < 4.78 is 17.2. The average molecular weight is 556 g/mol. The zero-order valence-electron chi connectivity index (χ0n) is 22.9. The van der Waals surface area contributed by atoms with Crippen molar-refractivity contribution in [3.8, 4) is 11.5 Å². The third kappa shape index (κ3) is 4.29. The van der Waals surface area contributed by atoms with Gasteiger partial charge in [0, 0.05) is 35.6 Å². The van der Waals surface area contributed by atoms with E-state index in [2.05, 4.69) is 0 Å². The Balaban J connectivity index is 1.67. The summed E-state index contributed by atoms with van der Waals surface area (Å²) >= 11 is 0. The lowest BCUT2D eigenvalue weighted by atomic mass is 9.68. The van der Waals surface area contributed by atoms with Crippen LogP contribution in [0.2, 0.25) is 0 Å². The predicted octanol–water partition coefficient (Wildman–Crippen LogP) is 1.77. The number of methoxy groups -OCH3 is 1. The van der Waals surface area contributed by atoms with Gasteiger partial charge in [0.05, 0.1) is 42.1 Å².